The minimum absolute atomic E-state index is 0.0600. The average Bonchev–Trinajstić information content (AvgIpc) is 3.06. The van der Waals surface area contributed by atoms with Crippen molar-refractivity contribution in [1.82, 2.24) is 14.7 Å². The predicted octanol–water partition coefficient (Wildman–Crippen LogP) is 4.37. The Balaban J connectivity index is 1.85. The molecule has 0 aliphatic carbocycles. The van der Waals surface area contributed by atoms with Crippen LogP contribution in [-0.4, -0.2) is 21.8 Å². The summed E-state index contributed by atoms with van der Waals surface area (Å²) < 4.78 is 1.73. The molecule has 29 heavy (non-hydrogen) atoms. The molecular formula is C24H21N3O2. The van der Waals surface area contributed by atoms with Crippen molar-refractivity contribution in [3.05, 3.63) is 70.6 Å². The SMILES string of the molecule is CC(C)CCNC(=O)c1cc2c3ccccc3n3c(=O)c4ccccc4c(n1)c23. The number of pyridine rings is 2. The first-order valence-corrected chi connectivity index (χ1v) is 9.92. The van der Waals surface area contributed by atoms with E-state index in [1.54, 1.807) is 4.40 Å². The van der Waals surface area contributed by atoms with Crippen LogP contribution in [0.4, 0.5) is 0 Å². The summed E-state index contributed by atoms with van der Waals surface area (Å²) in [6.07, 6.45) is 0.914. The van der Waals surface area contributed by atoms with Crippen LogP contribution in [0.2, 0.25) is 0 Å². The van der Waals surface area contributed by atoms with Crippen molar-refractivity contribution in [3.63, 3.8) is 0 Å². The number of amides is 1. The van der Waals surface area contributed by atoms with Crippen molar-refractivity contribution in [2.45, 2.75) is 20.3 Å². The highest BCUT2D eigenvalue weighted by Gasteiger charge is 2.20. The number of fused-ring (bicyclic) bond motifs is 5. The van der Waals surface area contributed by atoms with E-state index in [9.17, 15) is 9.59 Å². The van der Waals surface area contributed by atoms with Crippen molar-refractivity contribution in [2.24, 2.45) is 5.92 Å². The first-order valence-electron chi connectivity index (χ1n) is 9.92. The summed E-state index contributed by atoms with van der Waals surface area (Å²) in [7, 11) is 0. The maximum Gasteiger partial charge on any atom is 0.269 e. The lowest BCUT2D eigenvalue weighted by Gasteiger charge is -2.09. The fraction of sp³-hybridized carbons (Fsp3) is 0.208. The maximum atomic E-state index is 13.2. The van der Waals surface area contributed by atoms with E-state index < -0.39 is 0 Å². The smallest absolute Gasteiger partial charge is 0.269 e. The van der Waals surface area contributed by atoms with Gasteiger partial charge in [-0.1, -0.05) is 50.2 Å². The molecule has 1 amide bonds. The van der Waals surface area contributed by atoms with Crippen LogP contribution in [0.5, 0.6) is 0 Å². The van der Waals surface area contributed by atoms with E-state index in [2.05, 4.69) is 19.2 Å². The summed E-state index contributed by atoms with van der Waals surface area (Å²) in [5.74, 6) is 0.331. The highest BCUT2D eigenvalue weighted by Crippen LogP contribution is 2.33. The van der Waals surface area contributed by atoms with Gasteiger partial charge in [0.25, 0.3) is 11.5 Å². The fourth-order valence-electron chi connectivity index (χ4n) is 4.06. The molecule has 0 bridgehead atoms. The number of nitrogens with zero attached hydrogens (tertiary/aromatic N) is 2. The largest absolute Gasteiger partial charge is 0.351 e. The minimum Gasteiger partial charge on any atom is -0.351 e. The molecule has 0 radical (unpaired) electrons. The van der Waals surface area contributed by atoms with E-state index in [0.717, 1.165) is 33.6 Å². The van der Waals surface area contributed by atoms with Crippen molar-refractivity contribution in [2.75, 3.05) is 6.54 Å². The topological polar surface area (TPSA) is 63.5 Å². The molecule has 5 rings (SSSR count). The van der Waals surface area contributed by atoms with Gasteiger partial charge in [-0.05, 0) is 30.5 Å². The molecule has 3 aromatic heterocycles. The van der Waals surface area contributed by atoms with Crippen molar-refractivity contribution in [1.29, 1.82) is 0 Å². The molecule has 0 saturated carbocycles. The molecule has 0 atom stereocenters. The van der Waals surface area contributed by atoms with Crippen LogP contribution in [0, 0.1) is 5.92 Å². The zero-order chi connectivity index (χ0) is 20.1. The van der Waals surface area contributed by atoms with Gasteiger partial charge in [0.15, 0.2) is 0 Å². The summed E-state index contributed by atoms with van der Waals surface area (Å²) in [5.41, 5.74) is 2.61. The Morgan fingerprint density at radius 3 is 2.45 bits per heavy atom. The average molecular weight is 383 g/mol. The zero-order valence-corrected chi connectivity index (χ0v) is 16.4. The molecule has 5 nitrogen and oxygen atoms in total. The van der Waals surface area contributed by atoms with Crippen LogP contribution in [0.15, 0.2) is 59.4 Å². The number of carbonyl (C=O) groups excluding carboxylic acids is 1. The van der Waals surface area contributed by atoms with E-state index in [1.807, 2.05) is 54.6 Å². The number of rotatable bonds is 4. The lowest BCUT2D eigenvalue weighted by molar-refractivity contribution is 0.0947. The third-order valence-corrected chi connectivity index (χ3v) is 5.51. The van der Waals surface area contributed by atoms with Gasteiger partial charge < -0.3 is 5.32 Å². The van der Waals surface area contributed by atoms with Crippen molar-refractivity contribution in [3.8, 4) is 0 Å². The highest BCUT2D eigenvalue weighted by molar-refractivity contribution is 6.20. The minimum atomic E-state index is -0.185. The molecule has 5 heteroatoms. The van der Waals surface area contributed by atoms with Crippen LogP contribution >= 0.6 is 0 Å². The number of hydrogen-bond acceptors (Lipinski definition) is 3. The second kappa shape index (κ2) is 6.55. The van der Waals surface area contributed by atoms with Crippen LogP contribution in [0.25, 0.3) is 38.1 Å². The highest BCUT2D eigenvalue weighted by atomic mass is 16.2. The monoisotopic (exact) mass is 383 g/mol. The third-order valence-electron chi connectivity index (χ3n) is 5.51. The lowest BCUT2D eigenvalue weighted by Crippen LogP contribution is -2.26. The van der Waals surface area contributed by atoms with Gasteiger partial charge in [0, 0.05) is 28.1 Å². The second-order valence-electron chi connectivity index (χ2n) is 7.89. The Morgan fingerprint density at radius 2 is 1.69 bits per heavy atom. The van der Waals surface area contributed by atoms with Crippen molar-refractivity contribution >= 4 is 44.0 Å². The van der Waals surface area contributed by atoms with Gasteiger partial charge in [-0.2, -0.15) is 0 Å². The number of para-hydroxylation sites is 1. The van der Waals surface area contributed by atoms with Gasteiger partial charge in [-0.15, -0.1) is 0 Å². The molecule has 0 aliphatic rings. The van der Waals surface area contributed by atoms with Gasteiger partial charge in [0.2, 0.25) is 0 Å². The Kier molecular flexibility index (Phi) is 3.98. The Morgan fingerprint density at radius 1 is 1.00 bits per heavy atom. The molecular weight excluding hydrogens is 362 g/mol. The van der Waals surface area contributed by atoms with Crippen LogP contribution in [0.1, 0.15) is 30.8 Å². The molecule has 0 unspecified atom stereocenters. The van der Waals surface area contributed by atoms with Crippen LogP contribution in [-0.2, 0) is 0 Å². The van der Waals surface area contributed by atoms with Crippen molar-refractivity contribution < 1.29 is 4.79 Å². The van der Waals surface area contributed by atoms with Gasteiger partial charge in [0.1, 0.15) is 5.69 Å². The van der Waals surface area contributed by atoms with E-state index in [-0.39, 0.29) is 11.5 Å². The molecule has 3 heterocycles. The van der Waals surface area contributed by atoms with E-state index in [0.29, 0.717) is 29.1 Å². The van der Waals surface area contributed by atoms with Gasteiger partial charge >= 0.3 is 0 Å². The number of benzene rings is 2. The summed E-state index contributed by atoms with van der Waals surface area (Å²) in [4.78, 5) is 30.8. The maximum absolute atomic E-state index is 13.2. The summed E-state index contributed by atoms with van der Waals surface area (Å²) >= 11 is 0. The zero-order valence-electron chi connectivity index (χ0n) is 16.4. The van der Waals surface area contributed by atoms with E-state index >= 15 is 0 Å². The predicted molar refractivity (Wildman–Crippen MR) is 117 cm³/mol. The first kappa shape index (κ1) is 17.6. The number of hydrogen-bond donors (Lipinski definition) is 1. The van der Waals surface area contributed by atoms with Gasteiger partial charge in [-0.25, -0.2) is 4.98 Å². The molecule has 5 aromatic rings. The van der Waals surface area contributed by atoms with E-state index in [1.165, 1.54) is 0 Å². The standard InChI is InChI=1S/C24H21N3O2/c1-14(2)11-12-25-23(28)19-13-18-15-7-5-6-10-20(15)27-22(18)21(26-19)16-8-3-4-9-17(16)24(27)29/h3-10,13-14H,11-12H2,1-2H3,(H,25,28). The fourth-order valence-corrected chi connectivity index (χ4v) is 4.06. The Hall–Kier alpha value is -3.47. The third kappa shape index (κ3) is 2.65. The Bertz CT molecular complexity index is 1450. The molecule has 0 saturated heterocycles. The first-order chi connectivity index (χ1) is 14.1. The number of aromatic nitrogens is 2. The van der Waals surface area contributed by atoms with Gasteiger partial charge in [-0.3, -0.25) is 14.0 Å². The Labute approximate surface area is 167 Å². The summed E-state index contributed by atoms with van der Waals surface area (Å²) in [5, 5.41) is 6.18. The quantitative estimate of drug-likeness (QED) is 0.469. The van der Waals surface area contributed by atoms with E-state index in [4.69, 9.17) is 4.98 Å². The summed E-state index contributed by atoms with van der Waals surface area (Å²) in [6.45, 7) is 4.87. The van der Waals surface area contributed by atoms with Gasteiger partial charge in [0.05, 0.1) is 16.6 Å². The molecule has 0 fully saturated rings. The van der Waals surface area contributed by atoms with Crippen LogP contribution in [0.3, 0.4) is 0 Å². The second-order valence-corrected chi connectivity index (χ2v) is 7.89. The molecule has 1 N–H and O–H groups in total. The summed E-state index contributed by atoms with van der Waals surface area (Å²) in [6, 6.07) is 17.1. The molecule has 144 valence electrons. The van der Waals surface area contributed by atoms with Crippen LogP contribution < -0.4 is 10.9 Å². The molecule has 0 spiro atoms. The lowest BCUT2D eigenvalue weighted by atomic mass is 10.1. The molecule has 0 aliphatic heterocycles. The number of carbonyl (C=O) groups is 1. The normalized spacial score (nSPS) is 12.0. The molecule has 2 aromatic carbocycles. The number of nitrogens with one attached hydrogen (secondary N) is 1.